The molecule has 1 saturated heterocycles. The van der Waals surface area contributed by atoms with Gasteiger partial charge in [-0.3, -0.25) is 0 Å². The number of hydrogen-bond acceptors (Lipinski definition) is 4. The van der Waals surface area contributed by atoms with Gasteiger partial charge in [0.25, 0.3) is 0 Å². The van der Waals surface area contributed by atoms with Crippen LogP contribution in [0.3, 0.4) is 0 Å². The van der Waals surface area contributed by atoms with Crippen LogP contribution in [0.15, 0.2) is 29.4 Å². The summed E-state index contributed by atoms with van der Waals surface area (Å²) in [5, 5.41) is 2.98. The molecule has 0 radical (unpaired) electrons. The summed E-state index contributed by atoms with van der Waals surface area (Å²) in [7, 11) is -3.24. The minimum atomic E-state index is -3.24. The fraction of sp³-hybridized carbons (Fsp3) is 0.500. The Morgan fingerprint density at radius 3 is 2.75 bits per heavy atom. The SMILES string of the molecule is Cl.O=S(=O)(c1ccccn1)C1CCCNC1. The molecule has 0 aliphatic carbocycles. The Labute approximate surface area is 102 Å². The molecular weight excluding hydrogens is 248 g/mol. The molecule has 2 heterocycles. The molecule has 2 rings (SSSR count). The van der Waals surface area contributed by atoms with Crippen molar-refractivity contribution in [3.63, 3.8) is 0 Å². The summed E-state index contributed by atoms with van der Waals surface area (Å²) in [6.07, 6.45) is 3.16. The minimum Gasteiger partial charge on any atom is -0.315 e. The van der Waals surface area contributed by atoms with E-state index in [-0.39, 0.29) is 22.7 Å². The van der Waals surface area contributed by atoms with Gasteiger partial charge in [0.1, 0.15) is 0 Å². The Bertz CT molecular complexity index is 416. The third-order valence-electron chi connectivity index (χ3n) is 2.62. The number of rotatable bonds is 2. The van der Waals surface area contributed by atoms with Crippen LogP contribution in [0.1, 0.15) is 12.8 Å². The van der Waals surface area contributed by atoms with Gasteiger partial charge in [0.15, 0.2) is 14.9 Å². The maximum absolute atomic E-state index is 12.1. The molecule has 0 amide bonds. The lowest BCUT2D eigenvalue weighted by molar-refractivity contribution is 0.495. The van der Waals surface area contributed by atoms with Crippen LogP contribution in [0.5, 0.6) is 0 Å². The Morgan fingerprint density at radius 1 is 1.38 bits per heavy atom. The van der Waals surface area contributed by atoms with Gasteiger partial charge in [0.2, 0.25) is 0 Å². The van der Waals surface area contributed by atoms with E-state index < -0.39 is 9.84 Å². The molecule has 0 saturated carbocycles. The van der Waals surface area contributed by atoms with E-state index in [4.69, 9.17) is 0 Å². The zero-order valence-corrected chi connectivity index (χ0v) is 10.4. The van der Waals surface area contributed by atoms with Crippen molar-refractivity contribution < 1.29 is 8.42 Å². The molecule has 1 aliphatic heterocycles. The number of sulfone groups is 1. The molecule has 1 N–H and O–H groups in total. The highest BCUT2D eigenvalue weighted by Gasteiger charge is 2.29. The first-order chi connectivity index (χ1) is 7.21. The molecule has 1 fully saturated rings. The number of halogens is 1. The molecule has 1 aromatic heterocycles. The van der Waals surface area contributed by atoms with Gasteiger partial charge in [-0.25, -0.2) is 13.4 Å². The van der Waals surface area contributed by atoms with Crippen molar-refractivity contribution in [1.82, 2.24) is 10.3 Å². The molecule has 1 aliphatic rings. The molecule has 0 aromatic carbocycles. The van der Waals surface area contributed by atoms with Crippen molar-refractivity contribution in [3.8, 4) is 0 Å². The van der Waals surface area contributed by atoms with Gasteiger partial charge in [-0.05, 0) is 31.5 Å². The normalized spacial score (nSPS) is 21.1. The second-order valence-corrected chi connectivity index (χ2v) is 5.86. The molecule has 4 nitrogen and oxygen atoms in total. The van der Waals surface area contributed by atoms with Crippen molar-refractivity contribution in [2.75, 3.05) is 13.1 Å². The second kappa shape index (κ2) is 5.61. The molecule has 6 heteroatoms. The van der Waals surface area contributed by atoms with Crippen LogP contribution < -0.4 is 5.32 Å². The van der Waals surface area contributed by atoms with Crippen LogP contribution >= 0.6 is 12.4 Å². The minimum absolute atomic E-state index is 0. The van der Waals surface area contributed by atoms with E-state index in [0.717, 1.165) is 19.4 Å². The highest BCUT2D eigenvalue weighted by atomic mass is 35.5. The average molecular weight is 263 g/mol. The average Bonchev–Trinajstić information content (AvgIpc) is 2.31. The van der Waals surface area contributed by atoms with Crippen molar-refractivity contribution in [1.29, 1.82) is 0 Å². The number of nitrogens with zero attached hydrogens (tertiary/aromatic N) is 1. The molecule has 1 aromatic rings. The Kier molecular flexibility index (Phi) is 4.70. The van der Waals surface area contributed by atoms with Gasteiger partial charge in [0.05, 0.1) is 5.25 Å². The number of aromatic nitrogens is 1. The van der Waals surface area contributed by atoms with Gasteiger partial charge in [-0.2, -0.15) is 0 Å². The van der Waals surface area contributed by atoms with E-state index in [1.54, 1.807) is 18.2 Å². The lowest BCUT2D eigenvalue weighted by Crippen LogP contribution is -2.39. The van der Waals surface area contributed by atoms with E-state index in [9.17, 15) is 8.42 Å². The lowest BCUT2D eigenvalue weighted by Gasteiger charge is -2.22. The standard InChI is InChI=1S/C10H14N2O2S.ClH/c13-15(14,9-4-3-6-11-8-9)10-5-1-2-7-12-10;/h1-2,5,7,9,11H,3-4,6,8H2;1H. The first-order valence-electron chi connectivity index (χ1n) is 5.07. The zero-order chi connectivity index (χ0) is 10.7. The Hall–Kier alpha value is -0.650. The van der Waals surface area contributed by atoms with Crippen LogP contribution in [-0.2, 0) is 9.84 Å². The molecule has 0 bridgehead atoms. The maximum atomic E-state index is 12.1. The first kappa shape index (κ1) is 13.4. The fourth-order valence-corrected chi connectivity index (χ4v) is 3.40. The molecular formula is C10H15ClN2O2S. The first-order valence-corrected chi connectivity index (χ1v) is 6.61. The van der Waals surface area contributed by atoms with E-state index in [0.29, 0.717) is 6.54 Å². The zero-order valence-electron chi connectivity index (χ0n) is 8.80. The van der Waals surface area contributed by atoms with Crippen LogP contribution in [0.25, 0.3) is 0 Å². The summed E-state index contributed by atoms with van der Waals surface area (Å²) in [5.74, 6) is 0. The van der Waals surface area contributed by atoms with E-state index in [2.05, 4.69) is 10.3 Å². The maximum Gasteiger partial charge on any atom is 0.199 e. The predicted octanol–water partition coefficient (Wildman–Crippen LogP) is 1.03. The summed E-state index contributed by atoms with van der Waals surface area (Å²) in [5.41, 5.74) is 0. The van der Waals surface area contributed by atoms with Gasteiger partial charge >= 0.3 is 0 Å². The number of nitrogens with one attached hydrogen (secondary N) is 1. The molecule has 0 spiro atoms. The quantitative estimate of drug-likeness (QED) is 0.865. The van der Waals surface area contributed by atoms with Crippen molar-refractivity contribution >= 4 is 22.2 Å². The predicted molar refractivity (Wildman–Crippen MR) is 64.6 cm³/mol. The van der Waals surface area contributed by atoms with Crippen molar-refractivity contribution in [2.45, 2.75) is 23.1 Å². The molecule has 1 unspecified atom stereocenters. The Morgan fingerprint density at radius 2 is 2.19 bits per heavy atom. The molecule has 1 atom stereocenters. The monoisotopic (exact) mass is 262 g/mol. The van der Waals surface area contributed by atoms with Gasteiger partial charge in [-0.15, -0.1) is 12.4 Å². The second-order valence-electron chi connectivity index (χ2n) is 3.68. The topological polar surface area (TPSA) is 59.1 Å². The van der Waals surface area contributed by atoms with E-state index in [1.807, 2.05) is 0 Å². The van der Waals surface area contributed by atoms with Crippen molar-refractivity contribution in [3.05, 3.63) is 24.4 Å². The number of pyridine rings is 1. The van der Waals surface area contributed by atoms with Gasteiger partial charge in [0, 0.05) is 12.7 Å². The highest BCUT2D eigenvalue weighted by molar-refractivity contribution is 7.92. The number of hydrogen-bond donors (Lipinski definition) is 1. The van der Waals surface area contributed by atoms with Crippen LogP contribution in [-0.4, -0.2) is 31.7 Å². The smallest absolute Gasteiger partial charge is 0.199 e. The summed E-state index contributed by atoms with van der Waals surface area (Å²) >= 11 is 0. The number of piperidine rings is 1. The van der Waals surface area contributed by atoms with Gasteiger partial charge in [-0.1, -0.05) is 6.07 Å². The van der Waals surface area contributed by atoms with Gasteiger partial charge < -0.3 is 5.32 Å². The molecule has 90 valence electrons. The third-order valence-corrected chi connectivity index (χ3v) is 4.72. The van der Waals surface area contributed by atoms with Crippen molar-refractivity contribution in [2.24, 2.45) is 0 Å². The molecule has 16 heavy (non-hydrogen) atoms. The van der Waals surface area contributed by atoms with Crippen LogP contribution in [0.2, 0.25) is 0 Å². The lowest BCUT2D eigenvalue weighted by atomic mass is 10.2. The van der Waals surface area contributed by atoms with E-state index in [1.165, 1.54) is 6.20 Å². The highest BCUT2D eigenvalue weighted by Crippen LogP contribution is 2.18. The summed E-state index contributed by atoms with van der Waals surface area (Å²) < 4.78 is 24.2. The van der Waals surface area contributed by atoms with Crippen LogP contribution in [0.4, 0.5) is 0 Å². The summed E-state index contributed by atoms with van der Waals surface area (Å²) in [4.78, 5) is 3.91. The summed E-state index contributed by atoms with van der Waals surface area (Å²) in [6, 6.07) is 4.98. The third kappa shape index (κ3) is 2.72. The largest absolute Gasteiger partial charge is 0.315 e. The Balaban J connectivity index is 0.00000128. The fourth-order valence-electron chi connectivity index (χ4n) is 1.77. The van der Waals surface area contributed by atoms with E-state index >= 15 is 0 Å². The van der Waals surface area contributed by atoms with Crippen LogP contribution in [0, 0.1) is 0 Å². The summed E-state index contributed by atoms with van der Waals surface area (Å²) in [6.45, 7) is 1.45.